The zero-order valence-corrected chi connectivity index (χ0v) is 8.58. The van der Waals surface area contributed by atoms with Crippen LogP contribution in [0.25, 0.3) is 0 Å². The SMILES string of the molecule is CCC1CNCC1N(C)CCC#N. The first-order chi connectivity index (χ1) is 6.29. The number of nitriles is 1. The fraction of sp³-hybridized carbons (Fsp3) is 0.900. The summed E-state index contributed by atoms with van der Waals surface area (Å²) in [5.74, 6) is 0.767. The Morgan fingerprint density at radius 1 is 1.54 bits per heavy atom. The van der Waals surface area contributed by atoms with Gasteiger partial charge in [0.2, 0.25) is 0 Å². The summed E-state index contributed by atoms with van der Waals surface area (Å²) >= 11 is 0. The lowest BCUT2D eigenvalue weighted by atomic mass is 10.00. The quantitative estimate of drug-likeness (QED) is 0.698. The van der Waals surface area contributed by atoms with Crippen molar-refractivity contribution in [3.05, 3.63) is 0 Å². The van der Waals surface area contributed by atoms with Crippen LogP contribution in [0.2, 0.25) is 0 Å². The number of rotatable bonds is 4. The maximum absolute atomic E-state index is 8.49. The van der Waals surface area contributed by atoms with Crippen LogP contribution in [-0.2, 0) is 0 Å². The first-order valence-corrected chi connectivity index (χ1v) is 5.07. The molecule has 0 bridgehead atoms. The molecule has 2 atom stereocenters. The van der Waals surface area contributed by atoms with Crippen molar-refractivity contribution < 1.29 is 0 Å². The van der Waals surface area contributed by atoms with E-state index in [0.717, 1.165) is 25.6 Å². The minimum absolute atomic E-state index is 0.637. The fourth-order valence-corrected chi connectivity index (χ4v) is 2.04. The second kappa shape index (κ2) is 5.21. The third kappa shape index (κ3) is 2.68. The molecule has 0 spiro atoms. The summed E-state index contributed by atoms with van der Waals surface area (Å²) in [5.41, 5.74) is 0. The molecule has 74 valence electrons. The van der Waals surface area contributed by atoms with Gasteiger partial charge in [0.25, 0.3) is 0 Å². The summed E-state index contributed by atoms with van der Waals surface area (Å²) in [5, 5.41) is 11.9. The summed E-state index contributed by atoms with van der Waals surface area (Å²) < 4.78 is 0. The van der Waals surface area contributed by atoms with Gasteiger partial charge in [-0.2, -0.15) is 5.26 Å². The Hall–Kier alpha value is -0.590. The van der Waals surface area contributed by atoms with Crippen molar-refractivity contribution in [1.29, 1.82) is 5.26 Å². The van der Waals surface area contributed by atoms with Crippen LogP contribution in [0.4, 0.5) is 0 Å². The van der Waals surface area contributed by atoms with E-state index in [1.165, 1.54) is 6.42 Å². The van der Waals surface area contributed by atoms with Gasteiger partial charge >= 0.3 is 0 Å². The molecule has 0 aromatic heterocycles. The van der Waals surface area contributed by atoms with Crippen LogP contribution in [0.15, 0.2) is 0 Å². The molecule has 1 aliphatic rings. The van der Waals surface area contributed by atoms with Crippen LogP contribution in [0, 0.1) is 17.2 Å². The molecule has 0 amide bonds. The van der Waals surface area contributed by atoms with Crippen molar-refractivity contribution >= 4 is 0 Å². The lowest BCUT2D eigenvalue weighted by Gasteiger charge is -2.27. The third-order valence-electron chi connectivity index (χ3n) is 2.97. The molecule has 1 heterocycles. The fourth-order valence-electron chi connectivity index (χ4n) is 2.04. The Morgan fingerprint density at radius 3 is 2.92 bits per heavy atom. The predicted octanol–water partition coefficient (Wildman–Crippen LogP) is 0.830. The van der Waals surface area contributed by atoms with Crippen molar-refractivity contribution in [2.24, 2.45) is 5.92 Å². The van der Waals surface area contributed by atoms with E-state index in [2.05, 4.69) is 30.3 Å². The molecular formula is C10H19N3. The molecule has 1 saturated heterocycles. The minimum atomic E-state index is 0.637. The van der Waals surface area contributed by atoms with Gasteiger partial charge in [0.1, 0.15) is 0 Å². The van der Waals surface area contributed by atoms with Crippen LogP contribution >= 0.6 is 0 Å². The van der Waals surface area contributed by atoms with Crippen molar-refractivity contribution in [2.45, 2.75) is 25.8 Å². The first kappa shape index (κ1) is 10.5. The molecule has 2 unspecified atom stereocenters. The van der Waals surface area contributed by atoms with Gasteiger partial charge in [-0.1, -0.05) is 13.3 Å². The largest absolute Gasteiger partial charge is 0.315 e. The van der Waals surface area contributed by atoms with Crippen LogP contribution in [0.3, 0.4) is 0 Å². The molecule has 0 radical (unpaired) electrons. The number of hydrogen-bond acceptors (Lipinski definition) is 3. The van der Waals surface area contributed by atoms with Crippen LogP contribution in [-0.4, -0.2) is 37.6 Å². The van der Waals surface area contributed by atoms with E-state index in [1.54, 1.807) is 0 Å². The molecule has 3 nitrogen and oxygen atoms in total. The monoisotopic (exact) mass is 181 g/mol. The van der Waals surface area contributed by atoms with E-state index in [-0.39, 0.29) is 0 Å². The van der Waals surface area contributed by atoms with E-state index >= 15 is 0 Å². The van der Waals surface area contributed by atoms with Crippen molar-refractivity contribution in [2.75, 3.05) is 26.7 Å². The van der Waals surface area contributed by atoms with E-state index in [0.29, 0.717) is 12.5 Å². The molecule has 1 N–H and O–H groups in total. The lowest BCUT2D eigenvalue weighted by molar-refractivity contribution is 0.212. The Kier molecular flexibility index (Phi) is 4.20. The first-order valence-electron chi connectivity index (χ1n) is 5.07. The number of nitrogens with one attached hydrogen (secondary N) is 1. The molecule has 13 heavy (non-hydrogen) atoms. The van der Waals surface area contributed by atoms with Crippen LogP contribution in [0.5, 0.6) is 0 Å². The second-order valence-electron chi connectivity index (χ2n) is 3.78. The molecule has 1 rings (SSSR count). The zero-order chi connectivity index (χ0) is 9.68. The van der Waals surface area contributed by atoms with Crippen molar-refractivity contribution in [3.8, 4) is 6.07 Å². The van der Waals surface area contributed by atoms with Gasteiger partial charge in [-0.05, 0) is 19.5 Å². The third-order valence-corrected chi connectivity index (χ3v) is 2.97. The van der Waals surface area contributed by atoms with Crippen LogP contribution in [0.1, 0.15) is 19.8 Å². The summed E-state index contributed by atoms with van der Waals surface area (Å²) in [4.78, 5) is 2.32. The Labute approximate surface area is 80.7 Å². The van der Waals surface area contributed by atoms with E-state index in [1.807, 2.05) is 0 Å². The highest BCUT2D eigenvalue weighted by Crippen LogP contribution is 2.17. The van der Waals surface area contributed by atoms with Gasteiger partial charge in [0, 0.05) is 25.6 Å². The molecule has 3 heteroatoms. The summed E-state index contributed by atoms with van der Waals surface area (Å²) in [6, 6.07) is 2.83. The van der Waals surface area contributed by atoms with Crippen LogP contribution < -0.4 is 5.32 Å². The molecule has 1 aliphatic heterocycles. The van der Waals surface area contributed by atoms with Gasteiger partial charge in [0.15, 0.2) is 0 Å². The Bertz CT molecular complexity index is 185. The smallest absolute Gasteiger partial charge is 0.0635 e. The minimum Gasteiger partial charge on any atom is -0.315 e. The predicted molar refractivity (Wildman–Crippen MR) is 53.3 cm³/mol. The van der Waals surface area contributed by atoms with Gasteiger partial charge in [-0.25, -0.2) is 0 Å². The summed E-state index contributed by atoms with van der Waals surface area (Å²) in [7, 11) is 2.12. The Morgan fingerprint density at radius 2 is 2.31 bits per heavy atom. The highest BCUT2D eigenvalue weighted by Gasteiger charge is 2.28. The highest BCUT2D eigenvalue weighted by atomic mass is 15.2. The lowest BCUT2D eigenvalue weighted by Crippen LogP contribution is -2.38. The molecular weight excluding hydrogens is 162 g/mol. The van der Waals surface area contributed by atoms with E-state index in [9.17, 15) is 0 Å². The zero-order valence-electron chi connectivity index (χ0n) is 8.58. The number of nitrogens with zero attached hydrogens (tertiary/aromatic N) is 2. The molecule has 0 aromatic rings. The second-order valence-corrected chi connectivity index (χ2v) is 3.78. The molecule has 0 saturated carbocycles. The number of likely N-dealkylation sites (N-methyl/N-ethyl adjacent to an activating group) is 1. The van der Waals surface area contributed by atoms with Crippen molar-refractivity contribution in [1.82, 2.24) is 10.2 Å². The van der Waals surface area contributed by atoms with Gasteiger partial charge < -0.3 is 10.2 Å². The van der Waals surface area contributed by atoms with Gasteiger partial charge in [-0.15, -0.1) is 0 Å². The summed E-state index contributed by atoms with van der Waals surface area (Å²) in [6.45, 7) is 5.36. The highest BCUT2D eigenvalue weighted by molar-refractivity contribution is 4.87. The normalized spacial score (nSPS) is 27.8. The molecule has 1 fully saturated rings. The van der Waals surface area contributed by atoms with E-state index < -0.39 is 0 Å². The van der Waals surface area contributed by atoms with E-state index in [4.69, 9.17) is 5.26 Å². The van der Waals surface area contributed by atoms with Gasteiger partial charge in [-0.3, -0.25) is 0 Å². The Balaban J connectivity index is 2.36. The maximum Gasteiger partial charge on any atom is 0.0635 e. The maximum atomic E-state index is 8.49. The number of hydrogen-bond donors (Lipinski definition) is 1. The van der Waals surface area contributed by atoms with Gasteiger partial charge in [0.05, 0.1) is 6.07 Å². The summed E-state index contributed by atoms with van der Waals surface area (Å²) in [6.07, 6.45) is 1.87. The molecule has 0 aromatic carbocycles. The topological polar surface area (TPSA) is 39.1 Å². The molecule has 0 aliphatic carbocycles. The average molecular weight is 181 g/mol. The standard InChI is InChI=1S/C10H19N3/c1-3-9-7-12-8-10(9)13(2)6-4-5-11/h9-10,12H,3-4,6-8H2,1-2H3. The average Bonchev–Trinajstić information content (AvgIpc) is 2.61. The van der Waals surface area contributed by atoms with Crippen molar-refractivity contribution in [3.63, 3.8) is 0 Å².